The molecule has 0 saturated carbocycles. The highest BCUT2D eigenvalue weighted by Gasteiger charge is 1.98. The van der Waals surface area contributed by atoms with Gasteiger partial charge in [0.2, 0.25) is 0 Å². The SMILES string of the molecule is O=C(O)C=Cc1cccc(CSc2cccc(Br)c2)c1. The van der Waals surface area contributed by atoms with Gasteiger partial charge in [-0.2, -0.15) is 0 Å². The van der Waals surface area contributed by atoms with Crippen LogP contribution in [0.3, 0.4) is 0 Å². The lowest BCUT2D eigenvalue weighted by molar-refractivity contribution is -0.131. The number of rotatable bonds is 5. The Bertz CT molecular complexity index is 638. The van der Waals surface area contributed by atoms with Crippen LogP contribution in [0, 0.1) is 0 Å². The molecule has 20 heavy (non-hydrogen) atoms. The molecule has 0 fully saturated rings. The Morgan fingerprint density at radius 3 is 2.75 bits per heavy atom. The predicted molar refractivity (Wildman–Crippen MR) is 86.8 cm³/mol. The Balaban J connectivity index is 2.03. The number of carbonyl (C=O) groups is 1. The van der Waals surface area contributed by atoms with Gasteiger partial charge >= 0.3 is 5.97 Å². The second-order valence-electron chi connectivity index (χ2n) is 4.16. The topological polar surface area (TPSA) is 37.3 Å². The van der Waals surface area contributed by atoms with Crippen molar-refractivity contribution >= 4 is 39.7 Å². The lowest BCUT2D eigenvalue weighted by atomic mass is 10.1. The summed E-state index contributed by atoms with van der Waals surface area (Å²) in [4.78, 5) is 11.7. The summed E-state index contributed by atoms with van der Waals surface area (Å²) in [6.45, 7) is 0. The van der Waals surface area contributed by atoms with Crippen LogP contribution in [-0.2, 0) is 10.5 Å². The lowest BCUT2D eigenvalue weighted by Gasteiger charge is -2.04. The highest BCUT2D eigenvalue weighted by atomic mass is 79.9. The van der Waals surface area contributed by atoms with E-state index in [9.17, 15) is 4.79 Å². The number of aliphatic carboxylic acids is 1. The highest BCUT2D eigenvalue weighted by Crippen LogP contribution is 2.25. The van der Waals surface area contributed by atoms with E-state index in [0.717, 1.165) is 21.9 Å². The van der Waals surface area contributed by atoms with Crippen molar-refractivity contribution in [2.45, 2.75) is 10.6 Å². The molecule has 0 atom stereocenters. The molecule has 0 heterocycles. The number of halogens is 1. The van der Waals surface area contributed by atoms with Gasteiger partial charge in [-0.1, -0.05) is 46.3 Å². The molecule has 0 spiro atoms. The van der Waals surface area contributed by atoms with E-state index in [2.05, 4.69) is 28.1 Å². The van der Waals surface area contributed by atoms with Gasteiger partial charge in [0.25, 0.3) is 0 Å². The summed E-state index contributed by atoms with van der Waals surface area (Å²) >= 11 is 5.21. The third kappa shape index (κ3) is 4.87. The van der Waals surface area contributed by atoms with Crippen LogP contribution in [0.5, 0.6) is 0 Å². The maximum absolute atomic E-state index is 10.5. The summed E-state index contributed by atoms with van der Waals surface area (Å²) in [7, 11) is 0. The Kier molecular flexibility index (Phi) is 5.44. The summed E-state index contributed by atoms with van der Waals surface area (Å²) < 4.78 is 1.07. The van der Waals surface area contributed by atoms with Crippen LogP contribution in [0.2, 0.25) is 0 Å². The van der Waals surface area contributed by atoms with E-state index in [1.807, 2.05) is 36.4 Å². The maximum Gasteiger partial charge on any atom is 0.328 e. The van der Waals surface area contributed by atoms with Gasteiger partial charge in [0.05, 0.1) is 0 Å². The second-order valence-corrected chi connectivity index (χ2v) is 6.13. The van der Waals surface area contributed by atoms with Crippen LogP contribution in [0.1, 0.15) is 11.1 Å². The maximum atomic E-state index is 10.5. The Morgan fingerprint density at radius 1 is 1.20 bits per heavy atom. The van der Waals surface area contributed by atoms with Crippen LogP contribution in [0.4, 0.5) is 0 Å². The van der Waals surface area contributed by atoms with Crippen molar-refractivity contribution in [2.24, 2.45) is 0 Å². The molecule has 0 amide bonds. The minimum absolute atomic E-state index is 0.852. The molecule has 1 N–H and O–H groups in total. The zero-order valence-electron chi connectivity index (χ0n) is 10.6. The molecular weight excluding hydrogens is 336 g/mol. The molecular formula is C16H13BrO2S. The van der Waals surface area contributed by atoms with Gasteiger partial charge in [-0.25, -0.2) is 4.79 Å². The molecule has 2 nitrogen and oxygen atoms in total. The number of carboxylic acid groups (broad SMARTS) is 1. The van der Waals surface area contributed by atoms with E-state index in [1.165, 1.54) is 10.5 Å². The molecule has 0 aromatic heterocycles. The molecule has 0 bridgehead atoms. The van der Waals surface area contributed by atoms with Crippen molar-refractivity contribution in [2.75, 3.05) is 0 Å². The minimum Gasteiger partial charge on any atom is -0.478 e. The Morgan fingerprint density at radius 2 is 2.00 bits per heavy atom. The first-order chi connectivity index (χ1) is 9.63. The van der Waals surface area contributed by atoms with Crippen molar-refractivity contribution in [1.29, 1.82) is 0 Å². The van der Waals surface area contributed by atoms with Gasteiger partial charge in [-0.3, -0.25) is 0 Å². The molecule has 102 valence electrons. The van der Waals surface area contributed by atoms with E-state index >= 15 is 0 Å². The minimum atomic E-state index is -0.932. The first kappa shape index (κ1) is 14.9. The summed E-state index contributed by atoms with van der Waals surface area (Å²) in [6.07, 6.45) is 2.76. The predicted octanol–water partition coefficient (Wildman–Crippen LogP) is 4.84. The van der Waals surface area contributed by atoms with Crippen molar-refractivity contribution in [3.8, 4) is 0 Å². The molecule has 4 heteroatoms. The number of benzene rings is 2. The third-order valence-electron chi connectivity index (χ3n) is 2.57. The van der Waals surface area contributed by atoms with Crippen LogP contribution in [0.15, 0.2) is 64.0 Å². The van der Waals surface area contributed by atoms with Crippen LogP contribution < -0.4 is 0 Å². The van der Waals surface area contributed by atoms with Gasteiger partial charge in [0.1, 0.15) is 0 Å². The number of thioether (sulfide) groups is 1. The summed E-state index contributed by atoms with van der Waals surface area (Å²) in [5.74, 6) is -0.0792. The van der Waals surface area contributed by atoms with Crippen LogP contribution >= 0.6 is 27.7 Å². The van der Waals surface area contributed by atoms with E-state index in [1.54, 1.807) is 17.8 Å². The molecule has 0 radical (unpaired) electrons. The average Bonchev–Trinajstić information content (AvgIpc) is 2.43. The number of hydrogen-bond acceptors (Lipinski definition) is 2. The zero-order chi connectivity index (χ0) is 14.4. The fourth-order valence-electron chi connectivity index (χ4n) is 1.68. The monoisotopic (exact) mass is 348 g/mol. The molecule has 2 aromatic carbocycles. The van der Waals surface area contributed by atoms with Gasteiger partial charge in [0.15, 0.2) is 0 Å². The van der Waals surface area contributed by atoms with Gasteiger partial charge in [-0.15, -0.1) is 11.8 Å². The van der Waals surface area contributed by atoms with E-state index < -0.39 is 5.97 Å². The standard InChI is InChI=1S/C16H13BrO2S/c17-14-5-2-6-15(10-14)20-11-13-4-1-3-12(9-13)7-8-16(18)19/h1-10H,11H2,(H,18,19). The molecule has 0 unspecified atom stereocenters. The molecule has 0 aliphatic heterocycles. The normalized spacial score (nSPS) is 10.8. The highest BCUT2D eigenvalue weighted by molar-refractivity contribution is 9.10. The number of hydrogen-bond donors (Lipinski definition) is 1. The largest absolute Gasteiger partial charge is 0.478 e. The van der Waals surface area contributed by atoms with E-state index in [4.69, 9.17) is 5.11 Å². The van der Waals surface area contributed by atoms with Gasteiger partial charge in [0, 0.05) is 21.2 Å². The molecule has 0 aliphatic carbocycles. The lowest BCUT2D eigenvalue weighted by Crippen LogP contribution is -1.86. The first-order valence-electron chi connectivity index (χ1n) is 6.02. The summed E-state index contributed by atoms with van der Waals surface area (Å²) in [5, 5.41) is 8.63. The number of carboxylic acids is 1. The van der Waals surface area contributed by atoms with Crippen molar-refractivity contribution < 1.29 is 9.90 Å². The van der Waals surface area contributed by atoms with Crippen LogP contribution in [-0.4, -0.2) is 11.1 Å². The van der Waals surface area contributed by atoms with Crippen molar-refractivity contribution in [3.05, 3.63) is 70.2 Å². The van der Waals surface area contributed by atoms with Crippen molar-refractivity contribution in [1.82, 2.24) is 0 Å². The second kappa shape index (κ2) is 7.31. The van der Waals surface area contributed by atoms with Crippen LogP contribution in [0.25, 0.3) is 6.08 Å². The fraction of sp³-hybridized carbons (Fsp3) is 0.0625. The molecule has 0 saturated heterocycles. The molecule has 2 aromatic rings. The summed E-state index contributed by atoms with van der Waals surface area (Å²) in [6, 6.07) is 16.1. The van der Waals surface area contributed by atoms with Crippen molar-refractivity contribution in [3.63, 3.8) is 0 Å². The summed E-state index contributed by atoms with van der Waals surface area (Å²) in [5.41, 5.74) is 2.07. The van der Waals surface area contributed by atoms with Gasteiger partial charge < -0.3 is 5.11 Å². The zero-order valence-corrected chi connectivity index (χ0v) is 13.0. The van der Waals surface area contributed by atoms with E-state index in [0.29, 0.717) is 0 Å². The quantitative estimate of drug-likeness (QED) is 0.620. The Labute approximate surface area is 130 Å². The first-order valence-corrected chi connectivity index (χ1v) is 7.80. The molecule has 0 aliphatic rings. The Hall–Kier alpha value is -1.52. The smallest absolute Gasteiger partial charge is 0.328 e. The molecule has 2 rings (SSSR count). The van der Waals surface area contributed by atoms with E-state index in [-0.39, 0.29) is 0 Å². The van der Waals surface area contributed by atoms with Gasteiger partial charge in [-0.05, 0) is 35.4 Å². The fourth-order valence-corrected chi connectivity index (χ4v) is 3.13. The average molecular weight is 349 g/mol. The third-order valence-corrected chi connectivity index (χ3v) is 4.13.